The Morgan fingerprint density at radius 3 is 2.32 bits per heavy atom. The lowest BCUT2D eigenvalue weighted by Gasteiger charge is -2.04. The number of rotatable bonds is 4. The lowest BCUT2D eigenvalue weighted by Crippen LogP contribution is -1.99. The van der Waals surface area contributed by atoms with E-state index in [-0.39, 0.29) is 11.8 Å². The lowest BCUT2D eigenvalue weighted by molar-refractivity contribution is -0.138. The van der Waals surface area contributed by atoms with E-state index in [2.05, 4.69) is 29.2 Å². The first-order valence-corrected chi connectivity index (χ1v) is 6.44. The van der Waals surface area contributed by atoms with E-state index in [1.54, 1.807) is 12.4 Å². The summed E-state index contributed by atoms with van der Waals surface area (Å²) in [4.78, 5) is 14.8. The Balaban J connectivity index is 1.68. The normalized spacial score (nSPS) is 21.1. The number of hydrogen-bond acceptors (Lipinski definition) is 2. The molecule has 1 N–H and O–H groups in total. The Labute approximate surface area is 111 Å². The fourth-order valence-electron chi connectivity index (χ4n) is 2.46. The van der Waals surface area contributed by atoms with Gasteiger partial charge in [-0.3, -0.25) is 9.78 Å². The Bertz CT molecular complexity index is 577. The van der Waals surface area contributed by atoms with Crippen molar-refractivity contribution < 1.29 is 9.90 Å². The number of aliphatic carboxylic acids is 1. The van der Waals surface area contributed by atoms with Crippen molar-refractivity contribution in [1.82, 2.24) is 4.98 Å². The van der Waals surface area contributed by atoms with Crippen molar-refractivity contribution in [2.45, 2.75) is 18.8 Å². The molecule has 1 aromatic heterocycles. The van der Waals surface area contributed by atoms with Gasteiger partial charge in [0.25, 0.3) is 0 Å². The van der Waals surface area contributed by atoms with Crippen LogP contribution >= 0.6 is 0 Å². The van der Waals surface area contributed by atoms with E-state index in [1.165, 1.54) is 11.1 Å². The number of carboxylic acid groups (broad SMARTS) is 1. The molecule has 0 radical (unpaired) electrons. The summed E-state index contributed by atoms with van der Waals surface area (Å²) in [6, 6.07) is 12.3. The van der Waals surface area contributed by atoms with E-state index in [0.717, 1.165) is 18.4 Å². The van der Waals surface area contributed by atoms with Gasteiger partial charge in [-0.05, 0) is 47.6 Å². The van der Waals surface area contributed by atoms with Crippen LogP contribution in [0.25, 0.3) is 0 Å². The summed E-state index contributed by atoms with van der Waals surface area (Å²) in [5.74, 6) is -0.635. The molecule has 19 heavy (non-hydrogen) atoms. The van der Waals surface area contributed by atoms with E-state index >= 15 is 0 Å². The molecule has 3 rings (SSSR count). The number of aromatic nitrogens is 1. The van der Waals surface area contributed by atoms with Crippen LogP contribution in [-0.2, 0) is 11.2 Å². The maximum atomic E-state index is 10.8. The van der Waals surface area contributed by atoms with Gasteiger partial charge in [-0.15, -0.1) is 0 Å². The smallest absolute Gasteiger partial charge is 0.307 e. The molecule has 1 fully saturated rings. The van der Waals surface area contributed by atoms with Crippen LogP contribution < -0.4 is 0 Å². The fourth-order valence-corrected chi connectivity index (χ4v) is 2.46. The van der Waals surface area contributed by atoms with Crippen LogP contribution in [0.5, 0.6) is 0 Å². The molecule has 0 bridgehead atoms. The average molecular weight is 253 g/mol. The standard InChI is InChI=1S/C16H15NO2/c18-16(19)15-10-14(15)13-3-1-11(2-4-13)9-12-5-7-17-8-6-12/h1-8,14-15H,9-10H2,(H,18,19). The van der Waals surface area contributed by atoms with Crippen LogP contribution in [0.15, 0.2) is 48.8 Å². The first kappa shape index (κ1) is 11.9. The lowest BCUT2D eigenvalue weighted by atomic mass is 10.0. The molecule has 1 saturated carbocycles. The molecule has 3 nitrogen and oxygen atoms in total. The topological polar surface area (TPSA) is 50.2 Å². The Hall–Kier alpha value is -2.16. The molecular weight excluding hydrogens is 238 g/mol. The highest BCUT2D eigenvalue weighted by Gasteiger charge is 2.43. The first-order chi connectivity index (χ1) is 9.24. The number of hydrogen-bond donors (Lipinski definition) is 1. The van der Waals surface area contributed by atoms with Gasteiger partial charge >= 0.3 is 5.97 Å². The maximum Gasteiger partial charge on any atom is 0.307 e. The van der Waals surface area contributed by atoms with Gasteiger partial charge < -0.3 is 5.11 Å². The van der Waals surface area contributed by atoms with E-state index in [9.17, 15) is 4.79 Å². The summed E-state index contributed by atoms with van der Waals surface area (Å²) in [5, 5.41) is 8.93. The molecule has 0 amide bonds. The molecule has 0 spiro atoms. The minimum Gasteiger partial charge on any atom is -0.481 e. The number of carboxylic acids is 1. The van der Waals surface area contributed by atoms with Gasteiger partial charge in [-0.2, -0.15) is 0 Å². The summed E-state index contributed by atoms with van der Waals surface area (Å²) in [6.07, 6.45) is 5.26. The van der Waals surface area contributed by atoms with Crippen LogP contribution in [0.1, 0.15) is 29.0 Å². The number of carbonyl (C=O) groups is 1. The van der Waals surface area contributed by atoms with Crippen LogP contribution in [-0.4, -0.2) is 16.1 Å². The molecule has 0 aliphatic heterocycles. The van der Waals surface area contributed by atoms with Gasteiger partial charge in [0.1, 0.15) is 0 Å². The molecular formula is C16H15NO2. The zero-order valence-corrected chi connectivity index (χ0v) is 10.5. The zero-order chi connectivity index (χ0) is 13.2. The maximum absolute atomic E-state index is 10.8. The average Bonchev–Trinajstić information content (AvgIpc) is 3.21. The minimum absolute atomic E-state index is 0.175. The molecule has 2 aromatic rings. The van der Waals surface area contributed by atoms with Crippen molar-refractivity contribution in [2.24, 2.45) is 5.92 Å². The summed E-state index contributed by atoms with van der Waals surface area (Å²) in [6.45, 7) is 0. The number of pyridine rings is 1. The predicted molar refractivity (Wildman–Crippen MR) is 72.0 cm³/mol. The Morgan fingerprint density at radius 1 is 1.11 bits per heavy atom. The molecule has 3 heteroatoms. The van der Waals surface area contributed by atoms with Crippen molar-refractivity contribution >= 4 is 5.97 Å². The second-order valence-corrected chi connectivity index (χ2v) is 5.06. The number of benzene rings is 1. The van der Waals surface area contributed by atoms with E-state index in [1.807, 2.05) is 12.1 Å². The molecule has 2 atom stereocenters. The molecule has 0 saturated heterocycles. The van der Waals surface area contributed by atoms with Crippen molar-refractivity contribution in [3.63, 3.8) is 0 Å². The van der Waals surface area contributed by atoms with Gasteiger partial charge in [0.15, 0.2) is 0 Å². The van der Waals surface area contributed by atoms with Gasteiger partial charge in [0.2, 0.25) is 0 Å². The molecule has 2 unspecified atom stereocenters. The van der Waals surface area contributed by atoms with Crippen molar-refractivity contribution in [3.05, 3.63) is 65.5 Å². The molecule has 96 valence electrons. The van der Waals surface area contributed by atoms with Crippen molar-refractivity contribution in [2.75, 3.05) is 0 Å². The molecule has 1 aliphatic rings. The second-order valence-electron chi connectivity index (χ2n) is 5.06. The van der Waals surface area contributed by atoms with Crippen LogP contribution in [0.4, 0.5) is 0 Å². The number of nitrogens with zero attached hydrogens (tertiary/aromatic N) is 1. The SMILES string of the molecule is O=C(O)C1CC1c1ccc(Cc2ccncc2)cc1. The van der Waals surface area contributed by atoms with Gasteiger partial charge in [-0.25, -0.2) is 0 Å². The summed E-state index contributed by atoms with van der Waals surface area (Å²) < 4.78 is 0. The minimum atomic E-state index is -0.675. The summed E-state index contributed by atoms with van der Waals surface area (Å²) >= 11 is 0. The third-order valence-electron chi connectivity index (χ3n) is 3.67. The van der Waals surface area contributed by atoms with E-state index in [4.69, 9.17) is 5.11 Å². The Kier molecular flexibility index (Phi) is 3.03. The highest BCUT2D eigenvalue weighted by Crippen LogP contribution is 2.47. The zero-order valence-electron chi connectivity index (χ0n) is 10.5. The molecule has 1 aliphatic carbocycles. The molecule has 1 aromatic carbocycles. The third-order valence-corrected chi connectivity index (χ3v) is 3.67. The first-order valence-electron chi connectivity index (χ1n) is 6.44. The largest absolute Gasteiger partial charge is 0.481 e. The van der Waals surface area contributed by atoms with Crippen LogP contribution in [0.2, 0.25) is 0 Å². The van der Waals surface area contributed by atoms with Gasteiger partial charge in [-0.1, -0.05) is 24.3 Å². The summed E-state index contributed by atoms with van der Waals surface area (Å²) in [5.41, 5.74) is 3.62. The van der Waals surface area contributed by atoms with Crippen LogP contribution in [0.3, 0.4) is 0 Å². The second kappa shape index (κ2) is 4.84. The fraction of sp³-hybridized carbons (Fsp3) is 0.250. The van der Waals surface area contributed by atoms with Crippen LogP contribution in [0, 0.1) is 5.92 Å². The van der Waals surface area contributed by atoms with Crippen molar-refractivity contribution in [1.29, 1.82) is 0 Å². The quantitative estimate of drug-likeness (QED) is 0.911. The van der Waals surface area contributed by atoms with E-state index < -0.39 is 5.97 Å². The highest BCUT2D eigenvalue weighted by atomic mass is 16.4. The highest BCUT2D eigenvalue weighted by molar-refractivity contribution is 5.75. The van der Waals surface area contributed by atoms with Gasteiger partial charge in [0.05, 0.1) is 5.92 Å². The van der Waals surface area contributed by atoms with Gasteiger partial charge in [0, 0.05) is 12.4 Å². The predicted octanol–water partition coefficient (Wildman–Crippen LogP) is 2.86. The monoisotopic (exact) mass is 253 g/mol. The Morgan fingerprint density at radius 2 is 1.74 bits per heavy atom. The van der Waals surface area contributed by atoms with Crippen molar-refractivity contribution in [3.8, 4) is 0 Å². The van der Waals surface area contributed by atoms with E-state index in [0.29, 0.717) is 0 Å². The summed E-state index contributed by atoms with van der Waals surface area (Å²) in [7, 11) is 0. The molecule has 1 heterocycles. The third kappa shape index (κ3) is 2.65.